The Morgan fingerprint density at radius 2 is 1.36 bits per heavy atom. The van der Waals surface area contributed by atoms with Crippen LogP contribution < -0.4 is 0 Å². The Hall–Kier alpha value is -0.420. The summed E-state index contributed by atoms with van der Waals surface area (Å²) < 4.78 is 72.7. The average molecular weight is 222 g/mol. The second kappa shape index (κ2) is 4.40. The SMILES string of the molecule is CCCC(C(C)C(F)(F)F)C(F)(F)F. The summed E-state index contributed by atoms with van der Waals surface area (Å²) in [4.78, 5) is 0. The van der Waals surface area contributed by atoms with Gasteiger partial charge < -0.3 is 0 Å². The van der Waals surface area contributed by atoms with Gasteiger partial charge in [0.2, 0.25) is 0 Å². The van der Waals surface area contributed by atoms with Crippen LogP contribution in [-0.2, 0) is 0 Å². The summed E-state index contributed by atoms with van der Waals surface area (Å²) in [6.07, 6.45) is -9.95. The highest BCUT2D eigenvalue weighted by Crippen LogP contribution is 2.42. The monoisotopic (exact) mass is 222 g/mol. The van der Waals surface area contributed by atoms with Crippen molar-refractivity contribution in [3.63, 3.8) is 0 Å². The molecule has 0 aliphatic rings. The van der Waals surface area contributed by atoms with Gasteiger partial charge in [-0.3, -0.25) is 0 Å². The van der Waals surface area contributed by atoms with Crippen LogP contribution in [0.3, 0.4) is 0 Å². The van der Waals surface area contributed by atoms with Crippen LogP contribution in [0.15, 0.2) is 0 Å². The minimum atomic E-state index is -4.78. The molecular formula is C8H12F6. The summed E-state index contributed by atoms with van der Waals surface area (Å²) in [5, 5.41) is 0. The van der Waals surface area contributed by atoms with E-state index >= 15 is 0 Å². The topological polar surface area (TPSA) is 0 Å². The van der Waals surface area contributed by atoms with E-state index in [1.807, 2.05) is 0 Å². The number of hydrogen-bond acceptors (Lipinski definition) is 0. The third kappa shape index (κ3) is 3.75. The van der Waals surface area contributed by atoms with E-state index in [1.54, 1.807) is 0 Å². The molecule has 0 N–H and O–H groups in total. The molecule has 0 bridgehead atoms. The van der Waals surface area contributed by atoms with E-state index in [-0.39, 0.29) is 6.42 Å². The van der Waals surface area contributed by atoms with Crippen LogP contribution in [0.1, 0.15) is 26.7 Å². The maximum atomic E-state index is 12.2. The largest absolute Gasteiger partial charge is 0.392 e. The van der Waals surface area contributed by atoms with Gasteiger partial charge in [-0.25, -0.2) is 0 Å². The Morgan fingerprint density at radius 3 is 1.57 bits per heavy atom. The van der Waals surface area contributed by atoms with Crippen molar-refractivity contribution in [1.82, 2.24) is 0 Å². The number of hydrogen-bond donors (Lipinski definition) is 0. The van der Waals surface area contributed by atoms with Gasteiger partial charge in [0.15, 0.2) is 0 Å². The number of rotatable bonds is 3. The molecule has 86 valence electrons. The van der Waals surface area contributed by atoms with E-state index in [0.29, 0.717) is 6.92 Å². The zero-order valence-corrected chi connectivity index (χ0v) is 7.84. The van der Waals surface area contributed by atoms with Crippen LogP contribution in [0.25, 0.3) is 0 Å². The van der Waals surface area contributed by atoms with Gasteiger partial charge in [-0.15, -0.1) is 0 Å². The summed E-state index contributed by atoms with van der Waals surface area (Å²) in [6, 6.07) is 0. The lowest BCUT2D eigenvalue weighted by atomic mass is 9.89. The molecule has 0 rings (SSSR count). The van der Waals surface area contributed by atoms with Gasteiger partial charge in [0.25, 0.3) is 0 Å². The van der Waals surface area contributed by atoms with Crippen LogP contribution in [0.2, 0.25) is 0 Å². The summed E-state index contributed by atoms with van der Waals surface area (Å²) in [6.45, 7) is 2.01. The lowest BCUT2D eigenvalue weighted by molar-refractivity contribution is -0.250. The minimum absolute atomic E-state index is 0.0879. The van der Waals surface area contributed by atoms with Gasteiger partial charge >= 0.3 is 12.4 Å². The molecule has 6 heteroatoms. The normalized spacial score (nSPS) is 18.0. The Kier molecular flexibility index (Phi) is 4.27. The molecule has 0 saturated carbocycles. The van der Waals surface area contributed by atoms with Crippen molar-refractivity contribution in [2.75, 3.05) is 0 Å². The fourth-order valence-electron chi connectivity index (χ4n) is 1.24. The van der Waals surface area contributed by atoms with Gasteiger partial charge in [0, 0.05) is 0 Å². The Bertz CT molecular complexity index is 168. The van der Waals surface area contributed by atoms with Crippen LogP contribution in [0.4, 0.5) is 26.3 Å². The fraction of sp³-hybridized carbons (Fsp3) is 1.00. The Balaban J connectivity index is 4.67. The molecule has 2 unspecified atom stereocenters. The molecule has 0 aliphatic carbocycles. The van der Waals surface area contributed by atoms with E-state index in [1.165, 1.54) is 6.92 Å². The molecule has 0 heterocycles. The van der Waals surface area contributed by atoms with E-state index in [4.69, 9.17) is 0 Å². The molecular weight excluding hydrogens is 210 g/mol. The van der Waals surface area contributed by atoms with Crippen molar-refractivity contribution in [2.24, 2.45) is 11.8 Å². The Labute approximate surface area is 78.3 Å². The summed E-state index contributed by atoms with van der Waals surface area (Å²) in [5.41, 5.74) is 0. The highest BCUT2D eigenvalue weighted by Gasteiger charge is 2.51. The van der Waals surface area contributed by atoms with Gasteiger partial charge in [-0.1, -0.05) is 20.3 Å². The zero-order valence-electron chi connectivity index (χ0n) is 7.84. The first kappa shape index (κ1) is 13.6. The lowest BCUT2D eigenvalue weighted by Crippen LogP contribution is -2.37. The zero-order chi connectivity index (χ0) is 11.6. The third-order valence-electron chi connectivity index (χ3n) is 2.14. The van der Waals surface area contributed by atoms with E-state index in [9.17, 15) is 26.3 Å². The fourth-order valence-corrected chi connectivity index (χ4v) is 1.24. The van der Waals surface area contributed by atoms with Gasteiger partial charge in [-0.05, 0) is 6.42 Å². The maximum absolute atomic E-state index is 12.2. The molecule has 0 radical (unpaired) electrons. The first-order valence-corrected chi connectivity index (χ1v) is 4.24. The molecule has 0 aromatic rings. The summed E-state index contributed by atoms with van der Waals surface area (Å²) in [7, 11) is 0. The quantitative estimate of drug-likeness (QED) is 0.629. The van der Waals surface area contributed by atoms with Crippen molar-refractivity contribution >= 4 is 0 Å². The number of alkyl halides is 6. The molecule has 0 nitrogen and oxygen atoms in total. The average Bonchev–Trinajstić information content (AvgIpc) is 1.94. The van der Waals surface area contributed by atoms with Crippen molar-refractivity contribution in [2.45, 2.75) is 39.0 Å². The summed E-state index contributed by atoms with van der Waals surface area (Å²) >= 11 is 0. The molecule has 0 saturated heterocycles. The van der Waals surface area contributed by atoms with Crippen molar-refractivity contribution < 1.29 is 26.3 Å². The highest BCUT2D eigenvalue weighted by molar-refractivity contribution is 4.77. The van der Waals surface area contributed by atoms with Gasteiger partial charge in [0.05, 0.1) is 11.8 Å². The Morgan fingerprint density at radius 1 is 0.929 bits per heavy atom. The molecule has 0 aliphatic heterocycles. The predicted molar refractivity (Wildman–Crippen MR) is 39.7 cm³/mol. The molecule has 14 heavy (non-hydrogen) atoms. The van der Waals surface area contributed by atoms with Crippen LogP contribution in [-0.4, -0.2) is 12.4 Å². The van der Waals surface area contributed by atoms with Crippen molar-refractivity contribution in [3.05, 3.63) is 0 Å². The molecule has 0 amide bonds. The van der Waals surface area contributed by atoms with Gasteiger partial charge in [0.1, 0.15) is 0 Å². The first-order valence-electron chi connectivity index (χ1n) is 4.24. The van der Waals surface area contributed by atoms with Gasteiger partial charge in [-0.2, -0.15) is 26.3 Å². The van der Waals surface area contributed by atoms with Crippen molar-refractivity contribution in [1.29, 1.82) is 0 Å². The molecule has 0 fully saturated rings. The highest BCUT2D eigenvalue weighted by atomic mass is 19.4. The standard InChI is InChI=1S/C8H12F6/c1-3-4-6(8(12,13)14)5(2)7(9,10)11/h5-6H,3-4H2,1-2H3. The molecule has 0 spiro atoms. The van der Waals surface area contributed by atoms with Crippen molar-refractivity contribution in [3.8, 4) is 0 Å². The first-order chi connectivity index (χ1) is 6.10. The molecule has 0 aromatic heterocycles. The smallest absolute Gasteiger partial charge is 0.171 e. The second-order valence-electron chi connectivity index (χ2n) is 3.27. The minimum Gasteiger partial charge on any atom is -0.171 e. The predicted octanol–water partition coefficient (Wildman–Crippen LogP) is 4.16. The lowest BCUT2D eigenvalue weighted by Gasteiger charge is -2.27. The third-order valence-corrected chi connectivity index (χ3v) is 2.14. The van der Waals surface area contributed by atoms with Crippen LogP contribution in [0.5, 0.6) is 0 Å². The second-order valence-corrected chi connectivity index (χ2v) is 3.27. The molecule has 2 atom stereocenters. The van der Waals surface area contributed by atoms with E-state index < -0.39 is 30.6 Å². The molecule has 0 aromatic carbocycles. The van der Waals surface area contributed by atoms with Crippen LogP contribution in [0, 0.1) is 11.8 Å². The maximum Gasteiger partial charge on any atom is 0.392 e. The number of halogens is 6. The van der Waals surface area contributed by atoms with E-state index in [0.717, 1.165) is 0 Å². The van der Waals surface area contributed by atoms with Crippen LogP contribution >= 0.6 is 0 Å². The van der Waals surface area contributed by atoms with E-state index in [2.05, 4.69) is 0 Å². The summed E-state index contributed by atoms with van der Waals surface area (Å²) in [5.74, 6) is -4.62.